The Morgan fingerprint density at radius 1 is 1.38 bits per heavy atom. The van der Waals surface area contributed by atoms with E-state index in [4.69, 9.17) is 22.1 Å². The van der Waals surface area contributed by atoms with Gasteiger partial charge in [0.15, 0.2) is 0 Å². The molecular formula is C16H19ClN4O4S. The summed E-state index contributed by atoms with van der Waals surface area (Å²) in [5.74, 6) is -1.74. The molecule has 0 unspecified atom stereocenters. The number of primary amides is 1. The van der Waals surface area contributed by atoms with Crippen molar-refractivity contribution in [3.05, 3.63) is 32.9 Å². The molecule has 3 N–H and O–H groups in total. The predicted octanol–water partition coefficient (Wildman–Crippen LogP) is 2.52. The molecule has 2 aromatic heterocycles. The number of anilines is 1. The Balaban J connectivity index is 2.30. The minimum atomic E-state index is -0.679. The summed E-state index contributed by atoms with van der Waals surface area (Å²) in [5, 5.41) is 7.30. The van der Waals surface area contributed by atoms with E-state index in [1.54, 1.807) is 27.7 Å². The number of amides is 2. The van der Waals surface area contributed by atoms with Crippen LogP contribution in [0.15, 0.2) is 6.20 Å². The first-order valence-corrected chi connectivity index (χ1v) is 8.93. The van der Waals surface area contributed by atoms with Gasteiger partial charge in [0.2, 0.25) is 5.91 Å². The maximum Gasteiger partial charge on any atom is 0.341 e. The summed E-state index contributed by atoms with van der Waals surface area (Å²) in [6.07, 6.45) is 1.09. The number of nitrogens with two attached hydrogens (primary N) is 1. The number of carbonyl (C=O) groups excluding carboxylic acids is 3. The molecule has 10 heteroatoms. The molecule has 0 aliphatic heterocycles. The van der Waals surface area contributed by atoms with Gasteiger partial charge in [0.1, 0.15) is 11.5 Å². The van der Waals surface area contributed by atoms with Crippen LogP contribution in [0.3, 0.4) is 0 Å². The fraction of sp³-hybridized carbons (Fsp3) is 0.375. The third-order valence-electron chi connectivity index (χ3n) is 3.51. The third-order valence-corrected chi connectivity index (χ3v) is 5.10. The van der Waals surface area contributed by atoms with Gasteiger partial charge < -0.3 is 15.8 Å². The minimum absolute atomic E-state index is 0.0971. The average molecular weight is 399 g/mol. The lowest BCUT2D eigenvalue weighted by Crippen LogP contribution is -2.21. The van der Waals surface area contributed by atoms with Gasteiger partial charge in [-0.1, -0.05) is 11.6 Å². The monoisotopic (exact) mass is 398 g/mol. The van der Waals surface area contributed by atoms with Gasteiger partial charge in [-0.3, -0.25) is 14.3 Å². The molecule has 0 aliphatic carbocycles. The van der Waals surface area contributed by atoms with Crippen LogP contribution in [0.2, 0.25) is 5.02 Å². The summed E-state index contributed by atoms with van der Waals surface area (Å²) in [7, 11) is 0. The fourth-order valence-electron chi connectivity index (χ4n) is 2.24. The van der Waals surface area contributed by atoms with Crippen molar-refractivity contribution in [3.8, 4) is 0 Å². The number of rotatable bonds is 6. The molecule has 2 amide bonds. The molecular weight excluding hydrogens is 380 g/mol. The Morgan fingerprint density at radius 2 is 2.04 bits per heavy atom. The SMILES string of the molecule is Cc1c(C(N)=O)sc(NC(=O)Cn2ncc(Cl)c2C)c1C(=O)OC(C)C. The quantitative estimate of drug-likeness (QED) is 0.725. The molecule has 0 radical (unpaired) electrons. The van der Waals surface area contributed by atoms with E-state index in [9.17, 15) is 14.4 Å². The van der Waals surface area contributed by atoms with Crippen molar-refractivity contribution in [1.29, 1.82) is 0 Å². The van der Waals surface area contributed by atoms with Crippen molar-refractivity contribution in [1.82, 2.24) is 9.78 Å². The van der Waals surface area contributed by atoms with E-state index in [0.717, 1.165) is 11.3 Å². The number of esters is 1. The van der Waals surface area contributed by atoms with Crippen LogP contribution in [0.1, 0.15) is 45.1 Å². The smallest absolute Gasteiger partial charge is 0.341 e. The Morgan fingerprint density at radius 3 is 2.54 bits per heavy atom. The highest BCUT2D eigenvalue weighted by atomic mass is 35.5. The molecule has 0 atom stereocenters. The zero-order valence-electron chi connectivity index (χ0n) is 14.8. The van der Waals surface area contributed by atoms with Crippen LogP contribution in [0.5, 0.6) is 0 Å². The molecule has 0 spiro atoms. The first kappa shape index (κ1) is 19.9. The molecule has 2 heterocycles. The van der Waals surface area contributed by atoms with Crippen molar-refractivity contribution in [2.24, 2.45) is 5.73 Å². The number of ether oxygens (including phenoxy) is 1. The van der Waals surface area contributed by atoms with Crippen molar-refractivity contribution in [2.45, 2.75) is 40.3 Å². The van der Waals surface area contributed by atoms with Crippen molar-refractivity contribution in [2.75, 3.05) is 5.32 Å². The van der Waals surface area contributed by atoms with E-state index < -0.39 is 17.8 Å². The molecule has 8 nitrogen and oxygen atoms in total. The number of thiophene rings is 1. The summed E-state index contributed by atoms with van der Waals surface area (Å²) >= 11 is 6.86. The summed E-state index contributed by atoms with van der Waals surface area (Å²) in [5.41, 5.74) is 6.50. The van der Waals surface area contributed by atoms with Crippen LogP contribution in [-0.4, -0.2) is 33.7 Å². The molecule has 2 aromatic rings. The zero-order valence-corrected chi connectivity index (χ0v) is 16.3. The van der Waals surface area contributed by atoms with Gasteiger partial charge in [0.25, 0.3) is 5.91 Å². The van der Waals surface area contributed by atoms with Crippen molar-refractivity contribution in [3.63, 3.8) is 0 Å². The first-order chi connectivity index (χ1) is 12.1. The average Bonchev–Trinajstić information content (AvgIpc) is 3.01. The number of halogens is 1. The van der Waals surface area contributed by atoms with Gasteiger partial charge in [-0.25, -0.2) is 4.79 Å². The molecule has 0 saturated carbocycles. The number of nitrogens with one attached hydrogen (secondary N) is 1. The van der Waals surface area contributed by atoms with Crippen LogP contribution >= 0.6 is 22.9 Å². The molecule has 0 fully saturated rings. The van der Waals surface area contributed by atoms with E-state index >= 15 is 0 Å². The van der Waals surface area contributed by atoms with Gasteiger partial charge in [-0.2, -0.15) is 5.10 Å². The Labute approximate surface area is 159 Å². The van der Waals surface area contributed by atoms with Gasteiger partial charge in [-0.05, 0) is 33.3 Å². The summed E-state index contributed by atoms with van der Waals surface area (Å²) < 4.78 is 6.63. The number of carbonyl (C=O) groups is 3. The first-order valence-electron chi connectivity index (χ1n) is 7.73. The molecule has 26 heavy (non-hydrogen) atoms. The highest BCUT2D eigenvalue weighted by Gasteiger charge is 2.26. The second kappa shape index (κ2) is 7.88. The van der Waals surface area contributed by atoms with Gasteiger partial charge >= 0.3 is 5.97 Å². The van der Waals surface area contributed by atoms with E-state index in [1.165, 1.54) is 10.9 Å². The Kier molecular flexibility index (Phi) is 6.04. The lowest BCUT2D eigenvalue weighted by Gasteiger charge is -2.10. The van der Waals surface area contributed by atoms with Crippen LogP contribution in [0, 0.1) is 13.8 Å². The Hall–Kier alpha value is -2.39. The van der Waals surface area contributed by atoms with Gasteiger partial charge in [0.05, 0.1) is 33.5 Å². The molecule has 2 rings (SSSR count). The molecule has 0 bridgehead atoms. The van der Waals surface area contributed by atoms with Crippen LogP contribution < -0.4 is 11.1 Å². The van der Waals surface area contributed by atoms with Crippen LogP contribution in [0.4, 0.5) is 5.00 Å². The number of hydrogen-bond acceptors (Lipinski definition) is 6. The van der Waals surface area contributed by atoms with Crippen LogP contribution in [0.25, 0.3) is 0 Å². The molecule has 0 saturated heterocycles. The predicted molar refractivity (Wildman–Crippen MR) is 98.7 cm³/mol. The lowest BCUT2D eigenvalue weighted by molar-refractivity contribution is -0.116. The third kappa shape index (κ3) is 4.23. The minimum Gasteiger partial charge on any atom is -0.459 e. The normalized spacial score (nSPS) is 10.8. The molecule has 140 valence electrons. The van der Waals surface area contributed by atoms with Crippen LogP contribution in [-0.2, 0) is 16.1 Å². The largest absolute Gasteiger partial charge is 0.459 e. The van der Waals surface area contributed by atoms with Crippen molar-refractivity contribution < 1.29 is 19.1 Å². The fourth-order valence-corrected chi connectivity index (χ4v) is 3.45. The van der Waals surface area contributed by atoms with Crippen molar-refractivity contribution >= 4 is 45.7 Å². The number of aromatic nitrogens is 2. The maximum absolute atomic E-state index is 12.4. The number of hydrogen-bond donors (Lipinski definition) is 2. The van der Waals surface area contributed by atoms with Gasteiger partial charge in [0, 0.05) is 0 Å². The second-order valence-electron chi connectivity index (χ2n) is 5.86. The van der Waals surface area contributed by atoms with E-state index in [2.05, 4.69) is 10.4 Å². The Bertz CT molecular complexity index is 872. The highest BCUT2D eigenvalue weighted by molar-refractivity contribution is 7.18. The highest BCUT2D eigenvalue weighted by Crippen LogP contribution is 2.33. The summed E-state index contributed by atoms with van der Waals surface area (Å²) in [6, 6.07) is 0. The topological polar surface area (TPSA) is 116 Å². The summed E-state index contributed by atoms with van der Waals surface area (Å²) in [4.78, 5) is 36.5. The second-order valence-corrected chi connectivity index (χ2v) is 7.29. The van der Waals surface area contributed by atoms with Gasteiger partial charge in [-0.15, -0.1) is 11.3 Å². The lowest BCUT2D eigenvalue weighted by atomic mass is 10.1. The summed E-state index contributed by atoms with van der Waals surface area (Å²) in [6.45, 7) is 6.63. The molecule has 0 aromatic carbocycles. The zero-order chi connectivity index (χ0) is 19.6. The molecule has 0 aliphatic rings. The number of nitrogens with zero attached hydrogens (tertiary/aromatic N) is 2. The van der Waals surface area contributed by atoms with E-state index in [-0.39, 0.29) is 28.1 Å². The maximum atomic E-state index is 12.4. The van der Waals surface area contributed by atoms with E-state index in [0.29, 0.717) is 16.3 Å². The standard InChI is InChI=1S/C16H19ClN4O4S/c1-7(2)25-16(24)12-8(3)13(14(18)23)26-15(12)20-11(22)6-21-9(4)10(17)5-19-21/h5,7H,6H2,1-4H3,(H2,18,23)(H,20,22). The van der Waals surface area contributed by atoms with E-state index in [1.807, 2.05) is 0 Å².